The zero-order valence-electron chi connectivity index (χ0n) is 9.33. The van der Waals surface area contributed by atoms with E-state index in [9.17, 15) is 4.39 Å². The first-order chi connectivity index (χ1) is 7.67. The predicted molar refractivity (Wildman–Crippen MR) is 61.2 cm³/mol. The highest BCUT2D eigenvalue weighted by atomic mass is 35.5. The second kappa shape index (κ2) is 6.60. The lowest BCUT2D eigenvalue weighted by Crippen LogP contribution is -2.26. The molecule has 0 aliphatic heterocycles. The maximum Gasteiger partial charge on any atom is 0.224 e. The van der Waals surface area contributed by atoms with Gasteiger partial charge in [0.05, 0.1) is 18.8 Å². The van der Waals surface area contributed by atoms with Gasteiger partial charge >= 0.3 is 0 Å². The summed E-state index contributed by atoms with van der Waals surface area (Å²) in [6.07, 6.45) is 2.89. The standard InChI is InChI=1S/C10H15ClFN3O/c1-3-4-7(6-16-2)14-9-8(12)5-13-10(11)15-9/h5,7H,3-4,6H2,1-2H3,(H,13,14,15). The lowest BCUT2D eigenvalue weighted by Gasteiger charge is -2.17. The quantitative estimate of drug-likeness (QED) is 0.785. The molecule has 16 heavy (non-hydrogen) atoms. The van der Waals surface area contributed by atoms with Crippen LogP contribution in [0.2, 0.25) is 5.28 Å². The van der Waals surface area contributed by atoms with Crippen LogP contribution in [-0.2, 0) is 4.74 Å². The number of anilines is 1. The average Bonchev–Trinajstić information content (AvgIpc) is 2.24. The van der Waals surface area contributed by atoms with Crippen LogP contribution in [0.3, 0.4) is 0 Å². The monoisotopic (exact) mass is 247 g/mol. The van der Waals surface area contributed by atoms with Crippen molar-refractivity contribution in [1.82, 2.24) is 9.97 Å². The molecule has 1 heterocycles. The molecule has 0 saturated heterocycles. The molecule has 90 valence electrons. The molecule has 0 bridgehead atoms. The number of methoxy groups -OCH3 is 1. The third-order valence-corrected chi connectivity index (χ3v) is 2.24. The van der Waals surface area contributed by atoms with Crippen LogP contribution in [0.1, 0.15) is 19.8 Å². The van der Waals surface area contributed by atoms with Gasteiger partial charge in [-0.15, -0.1) is 0 Å². The van der Waals surface area contributed by atoms with E-state index >= 15 is 0 Å². The van der Waals surface area contributed by atoms with Crippen molar-refractivity contribution < 1.29 is 9.13 Å². The molecule has 0 spiro atoms. The molecule has 0 radical (unpaired) electrons. The fourth-order valence-electron chi connectivity index (χ4n) is 1.39. The highest BCUT2D eigenvalue weighted by Gasteiger charge is 2.12. The Hall–Kier alpha value is -0.940. The number of halogens is 2. The Bertz CT molecular complexity index is 332. The average molecular weight is 248 g/mol. The van der Waals surface area contributed by atoms with Gasteiger partial charge in [-0.2, -0.15) is 4.98 Å². The maximum absolute atomic E-state index is 13.3. The zero-order valence-corrected chi connectivity index (χ0v) is 10.1. The summed E-state index contributed by atoms with van der Waals surface area (Å²) in [5.41, 5.74) is 0. The van der Waals surface area contributed by atoms with E-state index in [4.69, 9.17) is 16.3 Å². The van der Waals surface area contributed by atoms with Crippen LogP contribution in [0.25, 0.3) is 0 Å². The molecule has 1 aromatic rings. The molecule has 1 N–H and O–H groups in total. The summed E-state index contributed by atoms with van der Waals surface area (Å²) in [5, 5.41) is 2.98. The molecule has 0 aliphatic rings. The molecule has 1 rings (SSSR count). The number of aromatic nitrogens is 2. The summed E-state index contributed by atoms with van der Waals surface area (Å²) >= 11 is 5.59. The Balaban J connectivity index is 2.71. The van der Waals surface area contributed by atoms with Gasteiger partial charge in [0.15, 0.2) is 11.6 Å². The zero-order chi connectivity index (χ0) is 12.0. The van der Waals surface area contributed by atoms with Gasteiger partial charge in [0.1, 0.15) is 0 Å². The van der Waals surface area contributed by atoms with Crippen LogP contribution in [0, 0.1) is 5.82 Å². The molecule has 6 heteroatoms. The van der Waals surface area contributed by atoms with Gasteiger partial charge in [-0.3, -0.25) is 0 Å². The number of hydrogen-bond donors (Lipinski definition) is 1. The van der Waals surface area contributed by atoms with E-state index in [1.807, 2.05) is 6.92 Å². The maximum atomic E-state index is 13.3. The fourth-order valence-corrected chi connectivity index (χ4v) is 1.52. The summed E-state index contributed by atoms with van der Waals surface area (Å²) < 4.78 is 18.4. The van der Waals surface area contributed by atoms with Crippen molar-refractivity contribution in [2.24, 2.45) is 0 Å². The molecule has 0 saturated carbocycles. The number of hydrogen-bond acceptors (Lipinski definition) is 4. The van der Waals surface area contributed by atoms with E-state index in [2.05, 4.69) is 15.3 Å². The number of nitrogens with zero attached hydrogens (tertiary/aromatic N) is 2. The molecule has 4 nitrogen and oxygen atoms in total. The molecular formula is C10H15ClFN3O. The van der Waals surface area contributed by atoms with Crippen LogP contribution in [0.5, 0.6) is 0 Å². The Morgan fingerprint density at radius 2 is 2.38 bits per heavy atom. The van der Waals surface area contributed by atoms with E-state index in [0.717, 1.165) is 19.0 Å². The van der Waals surface area contributed by atoms with E-state index in [-0.39, 0.29) is 17.1 Å². The molecule has 1 unspecified atom stereocenters. The van der Waals surface area contributed by atoms with Crippen molar-refractivity contribution >= 4 is 17.4 Å². The molecule has 0 aromatic carbocycles. The summed E-state index contributed by atoms with van der Waals surface area (Å²) in [6, 6.07) is 0.0236. The second-order valence-corrected chi connectivity index (χ2v) is 3.76. The van der Waals surface area contributed by atoms with Gasteiger partial charge in [0.2, 0.25) is 5.28 Å². The van der Waals surface area contributed by atoms with E-state index in [1.54, 1.807) is 7.11 Å². The van der Waals surface area contributed by atoms with Crippen LogP contribution >= 0.6 is 11.6 Å². The van der Waals surface area contributed by atoms with Gasteiger partial charge in [-0.1, -0.05) is 13.3 Å². The van der Waals surface area contributed by atoms with Crippen molar-refractivity contribution in [2.75, 3.05) is 19.0 Å². The van der Waals surface area contributed by atoms with Crippen molar-refractivity contribution in [3.63, 3.8) is 0 Å². The minimum absolute atomic E-state index is 0.0236. The Kier molecular flexibility index (Phi) is 5.42. The minimum Gasteiger partial charge on any atom is -0.383 e. The molecule has 0 aliphatic carbocycles. The topological polar surface area (TPSA) is 47.0 Å². The van der Waals surface area contributed by atoms with Crippen molar-refractivity contribution in [2.45, 2.75) is 25.8 Å². The SMILES string of the molecule is CCCC(COC)Nc1nc(Cl)ncc1F. The molecule has 0 amide bonds. The minimum atomic E-state index is -0.512. The summed E-state index contributed by atoms with van der Waals surface area (Å²) in [5.74, 6) is -0.392. The highest BCUT2D eigenvalue weighted by molar-refractivity contribution is 6.28. The number of ether oxygens (including phenoxy) is 1. The summed E-state index contributed by atoms with van der Waals surface area (Å²) in [4.78, 5) is 7.34. The highest BCUT2D eigenvalue weighted by Crippen LogP contribution is 2.14. The van der Waals surface area contributed by atoms with Gasteiger partial charge < -0.3 is 10.1 Å². The molecule has 1 atom stereocenters. The Morgan fingerprint density at radius 3 is 3.00 bits per heavy atom. The van der Waals surface area contributed by atoms with E-state index in [0.29, 0.717) is 6.61 Å². The lowest BCUT2D eigenvalue weighted by molar-refractivity contribution is 0.182. The van der Waals surface area contributed by atoms with Crippen LogP contribution in [-0.4, -0.2) is 29.7 Å². The van der Waals surface area contributed by atoms with Gasteiger partial charge in [-0.25, -0.2) is 9.37 Å². The number of rotatable bonds is 6. The van der Waals surface area contributed by atoms with Gasteiger partial charge in [0.25, 0.3) is 0 Å². The first-order valence-corrected chi connectivity index (χ1v) is 5.48. The first-order valence-electron chi connectivity index (χ1n) is 5.10. The van der Waals surface area contributed by atoms with Crippen molar-refractivity contribution in [3.8, 4) is 0 Å². The third kappa shape index (κ3) is 3.90. The fraction of sp³-hybridized carbons (Fsp3) is 0.600. The lowest BCUT2D eigenvalue weighted by atomic mass is 10.2. The van der Waals surface area contributed by atoms with E-state index in [1.165, 1.54) is 0 Å². The molecule has 1 aromatic heterocycles. The van der Waals surface area contributed by atoms with Crippen LogP contribution in [0.15, 0.2) is 6.20 Å². The smallest absolute Gasteiger partial charge is 0.224 e. The van der Waals surface area contributed by atoms with Gasteiger partial charge in [0, 0.05) is 7.11 Å². The Morgan fingerprint density at radius 1 is 1.62 bits per heavy atom. The largest absolute Gasteiger partial charge is 0.383 e. The van der Waals surface area contributed by atoms with Crippen molar-refractivity contribution in [1.29, 1.82) is 0 Å². The normalized spacial score (nSPS) is 12.5. The summed E-state index contributed by atoms with van der Waals surface area (Å²) in [6.45, 7) is 2.54. The Labute approximate surface area is 99.2 Å². The van der Waals surface area contributed by atoms with E-state index < -0.39 is 5.82 Å². The van der Waals surface area contributed by atoms with Gasteiger partial charge in [-0.05, 0) is 18.0 Å². The molecule has 0 fully saturated rings. The number of nitrogens with one attached hydrogen (secondary N) is 1. The van der Waals surface area contributed by atoms with Crippen LogP contribution < -0.4 is 5.32 Å². The molecular weight excluding hydrogens is 233 g/mol. The third-order valence-electron chi connectivity index (χ3n) is 2.06. The second-order valence-electron chi connectivity index (χ2n) is 3.42. The predicted octanol–water partition coefficient (Wildman–Crippen LogP) is 2.50. The first kappa shape index (κ1) is 13.1. The summed E-state index contributed by atoms with van der Waals surface area (Å²) in [7, 11) is 1.60. The van der Waals surface area contributed by atoms with Crippen molar-refractivity contribution in [3.05, 3.63) is 17.3 Å². The van der Waals surface area contributed by atoms with Crippen LogP contribution in [0.4, 0.5) is 10.2 Å².